The molecule has 0 aliphatic carbocycles. The van der Waals surface area contributed by atoms with Gasteiger partial charge in [0.25, 0.3) is 5.91 Å². The van der Waals surface area contributed by atoms with E-state index in [4.69, 9.17) is 11.6 Å². The van der Waals surface area contributed by atoms with Crippen LogP contribution in [0.15, 0.2) is 12.1 Å². The fraction of sp³-hybridized carbons (Fsp3) is 0.333. The van der Waals surface area contributed by atoms with E-state index < -0.39 is 0 Å². The van der Waals surface area contributed by atoms with Crippen LogP contribution >= 0.6 is 11.6 Å². The summed E-state index contributed by atoms with van der Waals surface area (Å²) >= 11 is 5.62. The first-order valence-corrected chi connectivity index (χ1v) is 4.46. The number of carbonyl (C=O) groups is 1. The van der Waals surface area contributed by atoms with Gasteiger partial charge in [-0.3, -0.25) is 4.79 Å². The monoisotopic (exact) mass is 198 g/mol. The molecule has 0 saturated heterocycles. The third-order valence-corrected chi connectivity index (χ3v) is 1.89. The molecule has 0 aliphatic rings. The number of halogens is 1. The standard InChI is InChI=1S/C9H11ClN2O/c1-6-3-7(5-10)12-8(4-6)9(13)11-2/h3-4H,5H2,1-2H3,(H,11,13). The first-order valence-electron chi connectivity index (χ1n) is 3.93. The Hall–Kier alpha value is -1.09. The van der Waals surface area contributed by atoms with Gasteiger partial charge in [-0.25, -0.2) is 4.98 Å². The highest BCUT2D eigenvalue weighted by Gasteiger charge is 2.06. The molecule has 0 unspecified atom stereocenters. The van der Waals surface area contributed by atoms with Crippen molar-refractivity contribution in [2.75, 3.05) is 7.05 Å². The van der Waals surface area contributed by atoms with Crippen molar-refractivity contribution in [3.63, 3.8) is 0 Å². The lowest BCUT2D eigenvalue weighted by Gasteiger charge is -2.02. The number of aryl methyl sites for hydroxylation is 1. The summed E-state index contributed by atoms with van der Waals surface area (Å²) in [6.45, 7) is 1.91. The van der Waals surface area contributed by atoms with Crippen LogP contribution in [0.2, 0.25) is 0 Å². The number of rotatable bonds is 2. The number of pyridine rings is 1. The second-order valence-electron chi connectivity index (χ2n) is 2.73. The molecule has 0 bridgehead atoms. The summed E-state index contributed by atoms with van der Waals surface area (Å²) in [5, 5.41) is 2.52. The minimum absolute atomic E-state index is 0.185. The first kappa shape index (κ1) is 9.99. The Morgan fingerprint density at radius 2 is 2.31 bits per heavy atom. The molecule has 1 heterocycles. The van der Waals surface area contributed by atoms with Crippen LogP contribution in [0.4, 0.5) is 0 Å². The number of carbonyl (C=O) groups excluding carboxylic acids is 1. The zero-order valence-electron chi connectivity index (χ0n) is 7.60. The summed E-state index contributed by atoms with van der Waals surface area (Å²) in [7, 11) is 1.58. The van der Waals surface area contributed by atoms with Crippen LogP contribution in [0.3, 0.4) is 0 Å². The highest BCUT2D eigenvalue weighted by atomic mass is 35.5. The molecule has 4 heteroatoms. The number of amides is 1. The molecular weight excluding hydrogens is 188 g/mol. The summed E-state index contributed by atoms with van der Waals surface area (Å²) in [6, 6.07) is 3.59. The molecule has 0 radical (unpaired) electrons. The summed E-state index contributed by atoms with van der Waals surface area (Å²) in [5.74, 6) is 0.140. The van der Waals surface area contributed by atoms with E-state index in [1.54, 1.807) is 13.1 Å². The molecule has 1 aromatic rings. The Kier molecular flexibility index (Phi) is 3.25. The SMILES string of the molecule is CNC(=O)c1cc(C)cc(CCl)n1. The van der Waals surface area contributed by atoms with Gasteiger partial charge in [0, 0.05) is 7.05 Å². The fourth-order valence-corrected chi connectivity index (χ4v) is 1.19. The van der Waals surface area contributed by atoms with Gasteiger partial charge >= 0.3 is 0 Å². The molecule has 13 heavy (non-hydrogen) atoms. The molecule has 0 saturated carbocycles. The summed E-state index contributed by atoms with van der Waals surface area (Å²) in [5.41, 5.74) is 2.13. The third-order valence-electron chi connectivity index (χ3n) is 1.62. The molecule has 1 aromatic heterocycles. The van der Waals surface area contributed by atoms with Gasteiger partial charge in [0.15, 0.2) is 0 Å². The largest absolute Gasteiger partial charge is 0.354 e. The zero-order valence-corrected chi connectivity index (χ0v) is 8.35. The maximum absolute atomic E-state index is 11.2. The van der Waals surface area contributed by atoms with Crippen molar-refractivity contribution < 1.29 is 4.79 Å². The lowest BCUT2D eigenvalue weighted by molar-refractivity contribution is 0.0958. The number of hydrogen-bond donors (Lipinski definition) is 1. The van der Waals surface area contributed by atoms with Crippen LogP contribution in [0.25, 0.3) is 0 Å². The molecule has 0 fully saturated rings. The zero-order chi connectivity index (χ0) is 9.84. The molecule has 1 N–H and O–H groups in total. The van der Waals surface area contributed by atoms with Crippen molar-refractivity contribution >= 4 is 17.5 Å². The molecule has 0 aliphatic heterocycles. The van der Waals surface area contributed by atoms with Crippen molar-refractivity contribution in [1.82, 2.24) is 10.3 Å². The molecule has 1 amide bonds. The Morgan fingerprint density at radius 3 is 2.85 bits per heavy atom. The predicted octanol–water partition coefficient (Wildman–Crippen LogP) is 1.49. The van der Waals surface area contributed by atoms with E-state index in [0.717, 1.165) is 11.3 Å². The maximum atomic E-state index is 11.2. The fourth-order valence-electron chi connectivity index (χ4n) is 1.05. The quantitative estimate of drug-likeness (QED) is 0.732. The van der Waals surface area contributed by atoms with Crippen LogP contribution in [-0.4, -0.2) is 17.9 Å². The van der Waals surface area contributed by atoms with Crippen molar-refractivity contribution in [3.8, 4) is 0 Å². The van der Waals surface area contributed by atoms with Gasteiger partial charge in [0.05, 0.1) is 11.6 Å². The Labute approximate surface area is 82.1 Å². The molecular formula is C9H11ClN2O. The van der Waals surface area contributed by atoms with Crippen LogP contribution in [0, 0.1) is 6.92 Å². The van der Waals surface area contributed by atoms with Gasteiger partial charge in [-0.2, -0.15) is 0 Å². The van der Waals surface area contributed by atoms with Crippen molar-refractivity contribution in [1.29, 1.82) is 0 Å². The van der Waals surface area contributed by atoms with E-state index in [9.17, 15) is 4.79 Å². The number of alkyl halides is 1. The summed E-state index contributed by atoms with van der Waals surface area (Å²) in [6.07, 6.45) is 0. The molecule has 70 valence electrons. The van der Waals surface area contributed by atoms with Gasteiger partial charge in [-0.1, -0.05) is 0 Å². The maximum Gasteiger partial charge on any atom is 0.269 e. The third kappa shape index (κ3) is 2.42. The number of aromatic nitrogens is 1. The number of nitrogens with zero attached hydrogens (tertiary/aromatic N) is 1. The lowest BCUT2D eigenvalue weighted by Crippen LogP contribution is -2.19. The molecule has 0 aromatic carbocycles. The van der Waals surface area contributed by atoms with E-state index in [-0.39, 0.29) is 5.91 Å². The van der Waals surface area contributed by atoms with E-state index in [1.165, 1.54) is 0 Å². The minimum atomic E-state index is -0.185. The van der Waals surface area contributed by atoms with Crippen LogP contribution in [0.5, 0.6) is 0 Å². The van der Waals surface area contributed by atoms with E-state index >= 15 is 0 Å². The van der Waals surface area contributed by atoms with Crippen molar-refractivity contribution in [2.45, 2.75) is 12.8 Å². The first-order chi connectivity index (χ1) is 6.17. The van der Waals surface area contributed by atoms with Gasteiger partial charge in [0.1, 0.15) is 5.69 Å². The Bertz CT molecular complexity index is 325. The van der Waals surface area contributed by atoms with Crippen LogP contribution in [0.1, 0.15) is 21.7 Å². The lowest BCUT2D eigenvalue weighted by atomic mass is 10.2. The van der Waals surface area contributed by atoms with E-state index in [1.807, 2.05) is 13.0 Å². The Morgan fingerprint density at radius 1 is 1.62 bits per heavy atom. The summed E-state index contributed by atoms with van der Waals surface area (Å²) < 4.78 is 0. The average molecular weight is 199 g/mol. The number of nitrogens with one attached hydrogen (secondary N) is 1. The minimum Gasteiger partial charge on any atom is -0.354 e. The van der Waals surface area contributed by atoms with Crippen LogP contribution in [-0.2, 0) is 5.88 Å². The van der Waals surface area contributed by atoms with Gasteiger partial charge < -0.3 is 5.32 Å². The van der Waals surface area contributed by atoms with Gasteiger partial charge in [0.2, 0.25) is 0 Å². The van der Waals surface area contributed by atoms with Gasteiger partial charge in [-0.05, 0) is 24.6 Å². The number of hydrogen-bond acceptors (Lipinski definition) is 2. The molecule has 1 rings (SSSR count). The topological polar surface area (TPSA) is 42.0 Å². The van der Waals surface area contributed by atoms with Crippen molar-refractivity contribution in [3.05, 3.63) is 29.1 Å². The smallest absolute Gasteiger partial charge is 0.269 e. The normalized spacial score (nSPS) is 9.77. The highest BCUT2D eigenvalue weighted by Crippen LogP contribution is 2.07. The molecule has 0 atom stereocenters. The molecule has 3 nitrogen and oxygen atoms in total. The van der Waals surface area contributed by atoms with Crippen LogP contribution < -0.4 is 5.32 Å². The predicted molar refractivity (Wildman–Crippen MR) is 51.9 cm³/mol. The Balaban J connectivity index is 3.08. The second kappa shape index (κ2) is 4.23. The van der Waals surface area contributed by atoms with E-state index in [0.29, 0.717) is 11.6 Å². The summed E-state index contributed by atoms with van der Waals surface area (Å²) in [4.78, 5) is 15.3. The van der Waals surface area contributed by atoms with Gasteiger partial charge in [-0.15, -0.1) is 11.6 Å². The highest BCUT2D eigenvalue weighted by molar-refractivity contribution is 6.16. The average Bonchev–Trinajstić information content (AvgIpc) is 2.15. The molecule has 0 spiro atoms. The van der Waals surface area contributed by atoms with Crippen molar-refractivity contribution in [2.24, 2.45) is 0 Å². The second-order valence-corrected chi connectivity index (χ2v) is 3.00. The van der Waals surface area contributed by atoms with E-state index in [2.05, 4.69) is 10.3 Å².